The third-order valence-electron chi connectivity index (χ3n) is 3.87. The van der Waals surface area contributed by atoms with E-state index in [4.69, 9.17) is 27.9 Å². The third-order valence-corrected chi connectivity index (χ3v) is 8.60. The molecule has 0 bridgehead atoms. The summed E-state index contributed by atoms with van der Waals surface area (Å²) in [5.74, 6) is -0.911. The maximum absolute atomic E-state index is 13.9. The molecule has 0 unspecified atom stereocenters. The summed E-state index contributed by atoms with van der Waals surface area (Å²) in [4.78, 5) is 11.1. The predicted octanol–water partition coefficient (Wildman–Crippen LogP) is 4.27. The van der Waals surface area contributed by atoms with Crippen LogP contribution >= 0.6 is 15.2 Å². The van der Waals surface area contributed by atoms with Gasteiger partial charge in [-0.1, -0.05) is 6.07 Å². The minimum Gasteiger partial charge on any atom is -0.495 e. The molecular weight excluding hydrogens is 446 g/mol. The van der Waals surface area contributed by atoms with Gasteiger partial charge in [-0.2, -0.15) is 0 Å². The van der Waals surface area contributed by atoms with Crippen LogP contribution < -0.4 is 15.3 Å². The molecule has 9 nitrogen and oxygen atoms in total. The van der Waals surface area contributed by atoms with Crippen molar-refractivity contribution in [2.24, 2.45) is 0 Å². The molecular formula is C20H34O9P2. The average molecular weight is 480 g/mol. The van der Waals surface area contributed by atoms with E-state index >= 15 is 0 Å². The molecule has 0 aliphatic carbocycles. The van der Waals surface area contributed by atoms with Gasteiger partial charge >= 0.3 is 21.2 Å². The number of carboxylic acids is 1. The zero-order valence-electron chi connectivity index (χ0n) is 19.2. The predicted molar refractivity (Wildman–Crippen MR) is 119 cm³/mol. The number of carboxylic acid groups (broad SMARTS) is 1. The smallest absolute Gasteiger partial charge is 0.366 e. The van der Waals surface area contributed by atoms with Gasteiger partial charge in [0.25, 0.3) is 0 Å². The summed E-state index contributed by atoms with van der Waals surface area (Å²) in [6, 6.07) is 3.04. The first-order valence-electron chi connectivity index (χ1n) is 10.2. The van der Waals surface area contributed by atoms with Crippen molar-refractivity contribution in [3.63, 3.8) is 0 Å². The van der Waals surface area contributed by atoms with Crippen LogP contribution in [-0.4, -0.2) is 43.6 Å². The van der Waals surface area contributed by atoms with Crippen molar-refractivity contribution in [1.82, 2.24) is 0 Å². The Kier molecular flexibility index (Phi) is 10.9. The molecule has 0 amide bonds. The Morgan fingerprint density at radius 2 is 1.48 bits per heavy atom. The Morgan fingerprint density at radius 1 is 0.968 bits per heavy atom. The molecule has 0 spiro atoms. The van der Waals surface area contributed by atoms with Crippen molar-refractivity contribution >= 4 is 31.8 Å². The molecule has 11 heteroatoms. The number of aliphatic carboxylic acids is 1. The van der Waals surface area contributed by atoms with Gasteiger partial charge in [0.2, 0.25) is 0 Å². The fourth-order valence-corrected chi connectivity index (χ4v) is 7.55. The van der Waals surface area contributed by atoms with E-state index < -0.39 is 33.4 Å². The quantitative estimate of drug-likeness (QED) is 0.390. The lowest BCUT2D eigenvalue weighted by molar-refractivity contribution is -0.136. The van der Waals surface area contributed by atoms with E-state index in [1.165, 1.54) is 13.2 Å². The highest BCUT2D eigenvalue weighted by Gasteiger charge is 2.43. The summed E-state index contributed by atoms with van der Waals surface area (Å²) in [6.07, 6.45) is -1.00. The van der Waals surface area contributed by atoms with Crippen molar-refractivity contribution in [3.8, 4) is 5.75 Å². The highest BCUT2D eigenvalue weighted by atomic mass is 31.2. The van der Waals surface area contributed by atoms with Gasteiger partial charge in [0.15, 0.2) is 0 Å². The van der Waals surface area contributed by atoms with E-state index in [2.05, 4.69) is 0 Å². The monoisotopic (exact) mass is 480 g/mol. The minimum atomic E-state index is -4.03. The van der Waals surface area contributed by atoms with Crippen molar-refractivity contribution in [1.29, 1.82) is 0 Å². The van der Waals surface area contributed by atoms with Crippen LogP contribution in [0.1, 0.15) is 53.5 Å². The van der Waals surface area contributed by atoms with E-state index in [9.17, 15) is 13.9 Å². The lowest BCUT2D eigenvalue weighted by Crippen LogP contribution is -2.32. The molecule has 0 fully saturated rings. The van der Waals surface area contributed by atoms with Crippen LogP contribution in [-0.2, 0) is 38.4 Å². The van der Waals surface area contributed by atoms with E-state index in [1.807, 2.05) is 0 Å². The van der Waals surface area contributed by atoms with Gasteiger partial charge in [-0.15, -0.1) is 0 Å². The number of aryl methyl sites for hydroxylation is 1. The molecule has 0 aliphatic heterocycles. The second-order valence-electron chi connectivity index (χ2n) is 7.16. The summed E-state index contributed by atoms with van der Waals surface area (Å²) in [5.41, 5.74) is 0.462. The first-order valence-corrected chi connectivity index (χ1v) is 13.3. The Bertz CT molecular complexity index is 812. The van der Waals surface area contributed by atoms with E-state index in [-0.39, 0.29) is 42.4 Å². The van der Waals surface area contributed by atoms with Crippen molar-refractivity contribution in [3.05, 3.63) is 17.7 Å². The minimum absolute atomic E-state index is 0.0102. The molecule has 31 heavy (non-hydrogen) atoms. The molecule has 1 N–H and O–H groups in total. The van der Waals surface area contributed by atoms with Gasteiger partial charge in [-0.3, -0.25) is 13.9 Å². The van der Waals surface area contributed by atoms with Gasteiger partial charge < -0.3 is 27.9 Å². The number of methoxy groups -OCH3 is 1. The maximum Gasteiger partial charge on any atom is 0.366 e. The van der Waals surface area contributed by atoms with Crippen LogP contribution in [0.2, 0.25) is 0 Å². The van der Waals surface area contributed by atoms with Crippen LogP contribution in [0.25, 0.3) is 0 Å². The van der Waals surface area contributed by atoms with Crippen molar-refractivity contribution < 1.29 is 41.9 Å². The van der Waals surface area contributed by atoms with Crippen LogP contribution in [0.3, 0.4) is 0 Å². The molecule has 178 valence electrons. The fourth-order valence-electron chi connectivity index (χ4n) is 2.95. The number of rotatable bonds is 14. The lowest BCUT2D eigenvalue weighted by atomic mass is 10.1. The van der Waals surface area contributed by atoms with Gasteiger partial charge in [-0.25, -0.2) is 0 Å². The summed E-state index contributed by atoms with van der Waals surface area (Å²) in [6.45, 7) is 10.2. The van der Waals surface area contributed by atoms with Crippen LogP contribution in [0.15, 0.2) is 12.1 Å². The number of carbonyl (C=O) groups is 1. The third kappa shape index (κ3) is 7.41. The highest BCUT2D eigenvalue weighted by Crippen LogP contribution is 2.56. The number of ether oxygens (including phenoxy) is 1. The van der Waals surface area contributed by atoms with Crippen LogP contribution in [0, 0.1) is 0 Å². The number of hydrogen-bond acceptors (Lipinski definition) is 8. The highest BCUT2D eigenvalue weighted by molar-refractivity contribution is 7.69. The zero-order chi connectivity index (χ0) is 23.8. The first-order chi connectivity index (χ1) is 14.4. The van der Waals surface area contributed by atoms with E-state index in [1.54, 1.807) is 47.6 Å². The second-order valence-corrected chi connectivity index (χ2v) is 11.0. The second kappa shape index (κ2) is 12.1. The molecule has 1 rings (SSSR count). The molecule has 0 aromatic heterocycles. The zero-order valence-corrected chi connectivity index (χ0v) is 21.0. The van der Waals surface area contributed by atoms with Gasteiger partial charge in [-0.05, 0) is 59.6 Å². The number of benzene rings is 1. The van der Waals surface area contributed by atoms with E-state index in [0.29, 0.717) is 5.56 Å². The summed E-state index contributed by atoms with van der Waals surface area (Å²) >= 11 is 0. The molecule has 0 atom stereocenters. The molecule has 0 radical (unpaired) electrons. The summed E-state index contributed by atoms with van der Waals surface area (Å²) < 4.78 is 55.8. The van der Waals surface area contributed by atoms with Crippen LogP contribution in [0.4, 0.5) is 0 Å². The lowest BCUT2D eigenvalue weighted by Gasteiger charge is -2.29. The SMILES string of the molecule is CCOP(=O)(OCC)c1c(P(=O)(OC(C)C)OC(C)C)ccc(CCC(=O)O)c1OC. The Morgan fingerprint density at radius 3 is 1.87 bits per heavy atom. The molecule has 1 aromatic carbocycles. The van der Waals surface area contributed by atoms with E-state index in [0.717, 1.165) is 0 Å². The van der Waals surface area contributed by atoms with Gasteiger partial charge in [0, 0.05) is 6.42 Å². The van der Waals surface area contributed by atoms with Crippen LogP contribution in [0.5, 0.6) is 5.75 Å². The Balaban J connectivity index is 3.94. The molecule has 0 aliphatic rings. The van der Waals surface area contributed by atoms with Crippen molar-refractivity contribution in [2.45, 2.75) is 66.6 Å². The molecule has 0 saturated carbocycles. The molecule has 1 aromatic rings. The Labute approximate surface area is 184 Å². The maximum atomic E-state index is 13.9. The average Bonchev–Trinajstić information content (AvgIpc) is 2.64. The molecule has 0 heterocycles. The topological polar surface area (TPSA) is 118 Å². The number of hydrogen-bond donors (Lipinski definition) is 1. The standard InChI is InChI=1S/C20H34O9P2/c1-8-26-31(24,27-9-2)20-17(30(23,28-14(3)4)29-15(5)6)12-10-16(19(20)25-7)11-13-18(21)22/h10,12,14-15H,8-9,11,13H2,1-7H3,(H,21,22). The van der Waals surface area contributed by atoms with Crippen molar-refractivity contribution in [2.75, 3.05) is 20.3 Å². The summed E-state index contributed by atoms with van der Waals surface area (Å²) in [7, 11) is -6.66. The normalized spacial score (nSPS) is 12.5. The Hall–Kier alpha value is -1.21. The van der Waals surface area contributed by atoms with Gasteiger partial charge in [0.05, 0.1) is 37.8 Å². The van der Waals surface area contributed by atoms with Gasteiger partial charge in [0.1, 0.15) is 11.1 Å². The largest absolute Gasteiger partial charge is 0.495 e. The molecule has 0 saturated heterocycles. The first kappa shape index (κ1) is 27.8. The summed E-state index contributed by atoms with van der Waals surface area (Å²) in [5, 5.41) is 9.04. The fraction of sp³-hybridized carbons (Fsp3) is 0.650.